The summed E-state index contributed by atoms with van der Waals surface area (Å²) in [6, 6.07) is 3.79. The van der Waals surface area contributed by atoms with Gasteiger partial charge < -0.3 is 14.6 Å². The number of amides is 1. The van der Waals surface area contributed by atoms with Crippen LogP contribution in [-0.4, -0.2) is 39.3 Å². The maximum Gasteiger partial charge on any atom is 0.289 e. The largest absolute Gasteiger partial charge is 0.459 e. The third kappa shape index (κ3) is 3.30. The molecule has 0 unspecified atom stereocenters. The molecule has 0 saturated carbocycles. The van der Waals surface area contributed by atoms with E-state index >= 15 is 0 Å². The van der Waals surface area contributed by atoms with Gasteiger partial charge in [0.15, 0.2) is 5.76 Å². The molecule has 3 heterocycles. The summed E-state index contributed by atoms with van der Waals surface area (Å²) in [5.41, 5.74) is 0. The van der Waals surface area contributed by atoms with Crippen LogP contribution in [0.5, 0.6) is 0 Å². The predicted molar refractivity (Wildman–Crippen MR) is 85.3 cm³/mol. The SMILES string of the molecule is CC(C)c1nsc(NC2CCN(C(=O)c3ccco3)CC2)n1. The van der Waals surface area contributed by atoms with Gasteiger partial charge in [0.05, 0.1) is 6.26 Å². The van der Waals surface area contributed by atoms with Crippen molar-refractivity contribution < 1.29 is 9.21 Å². The Labute approximate surface area is 133 Å². The fraction of sp³-hybridized carbons (Fsp3) is 0.533. The maximum absolute atomic E-state index is 12.2. The molecule has 0 radical (unpaired) electrons. The molecule has 3 rings (SSSR count). The molecule has 2 aromatic rings. The number of carbonyl (C=O) groups excluding carboxylic acids is 1. The Morgan fingerprint density at radius 3 is 2.82 bits per heavy atom. The molecular weight excluding hydrogens is 300 g/mol. The van der Waals surface area contributed by atoms with Crippen LogP contribution in [0.4, 0.5) is 5.13 Å². The van der Waals surface area contributed by atoms with Crippen LogP contribution in [0.3, 0.4) is 0 Å². The van der Waals surface area contributed by atoms with E-state index in [1.165, 1.54) is 17.8 Å². The van der Waals surface area contributed by atoms with E-state index in [0.717, 1.165) is 36.9 Å². The molecule has 1 aliphatic heterocycles. The number of rotatable bonds is 4. The quantitative estimate of drug-likeness (QED) is 0.937. The van der Waals surface area contributed by atoms with E-state index in [9.17, 15) is 4.79 Å². The summed E-state index contributed by atoms with van der Waals surface area (Å²) in [7, 11) is 0. The van der Waals surface area contributed by atoms with Gasteiger partial charge in [0.2, 0.25) is 5.13 Å². The Balaban J connectivity index is 1.52. The number of nitrogens with one attached hydrogen (secondary N) is 1. The van der Waals surface area contributed by atoms with Crippen molar-refractivity contribution in [2.75, 3.05) is 18.4 Å². The van der Waals surface area contributed by atoms with Gasteiger partial charge in [0.25, 0.3) is 5.91 Å². The highest BCUT2D eigenvalue weighted by molar-refractivity contribution is 7.09. The zero-order valence-corrected chi connectivity index (χ0v) is 13.6. The molecule has 118 valence electrons. The standard InChI is InChI=1S/C15H20N4O2S/c1-10(2)13-17-15(22-18-13)16-11-5-7-19(8-6-11)14(20)12-4-3-9-21-12/h3-4,9-11H,5-8H2,1-2H3,(H,16,17,18). The highest BCUT2D eigenvalue weighted by atomic mass is 32.1. The van der Waals surface area contributed by atoms with Gasteiger partial charge in [-0.3, -0.25) is 4.79 Å². The van der Waals surface area contributed by atoms with E-state index in [1.54, 1.807) is 12.1 Å². The first-order valence-corrected chi connectivity index (χ1v) is 8.33. The van der Waals surface area contributed by atoms with Gasteiger partial charge in [0, 0.05) is 36.6 Å². The second kappa shape index (κ2) is 6.48. The van der Waals surface area contributed by atoms with E-state index in [-0.39, 0.29) is 5.91 Å². The van der Waals surface area contributed by atoms with Crippen LogP contribution in [0.1, 0.15) is 49.0 Å². The molecule has 1 amide bonds. The van der Waals surface area contributed by atoms with Gasteiger partial charge in [-0.05, 0) is 25.0 Å². The summed E-state index contributed by atoms with van der Waals surface area (Å²) in [5, 5.41) is 4.31. The van der Waals surface area contributed by atoms with E-state index in [2.05, 4.69) is 28.5 Å². The molecule has 0 atom stereocenters. The van der Waals surface area contributed by atoms with Crippen LogP contribution < -0.4 is 5.32 Å². The smallest absolute Gasteiger partial charge is 0.289 e. The van der Waals surface area contributed by atoms with Crippen LogP contribution in [-0.2, 0) is 0 Å². The minimum Gasteiger partial charge on any atom is -0.459 e. The minimum atomic E-state index is -0.0264. The molecule has 1 aliphatic rings. The van der Waals surface area contributed by atoms with E-state index in [1.807, 2.05) is 4.90 Å². The number of piperidine rings is 1. The molecule has 1 fully saturated rings. The Morgan fingerprint density at radius 2 is 2.23 bits per heavy atom. The number of hydrogen-bond donors (Lipinski definition) is 1. The van der Waals surface area contributed by atoms with Crippen LogP contribution in [0.2, 0.25) is 0 Å². The van der Waals surface area contributed by atoms with Crippen LogP contribution in [0.15, 0.2) is 22.8 Å². The van der Waals surface area contributed by atoms with Crippen LogP contribution in [0, 0.1) is 0 Å². The molecule has 22 heavy (non-hydrogen) atoms. The van der Waals surface area contributed by atoms with Gasteiger partial charge in [-0.25, -0.2) is 4.98 Å². The van der Waals surface area contributed by atoms with Crippen LogP contribution in [0.25, 0.3) is 0 Å². The normalized spacial score (nSPS) is 16.2. The Hall–Kier alpha value is -1.89. The molecule has 7 heteroatoms. The van der Waals surface area contributed by atoms with Crippen molar-refractivity contribution in [3.63, 3.8) is 0 Å². The van der Waals surface area contributed by atoms with Crippen molar-refractivity contribution in [3.8, 4) is 0 Å². The molecule has 1 saturated heterocycles. The summed E-state index contributed by atoms with van der Waals surface area (Å²) in [6.07, 6.45) is 3.34. The van der Waals surface area contributed by atoms with Crippen molar-refractivity contribution >= 4 is 22.6 Å². The summed E-state index contributed by atoms with van der Waals surface area (Å²) in [4.78, 5) is 18.5. The number of anilines is 1. The first-order chi connectivity index (χ1) is 10.6. The highest BCUT2D eigenvalue weighted by Gasteiger charge is 2.25. The van der Waals surface area contributed by atoms with E-state index in [4.69, 9.17) is 4.42 Å². The summed E-state index contributed by atoms with van der Waals surface area (Å²) < 4.78 is 9.52. The zero-order valence-electron chi connectivity index (χ0n) is 12.8. The minimum absolute atomic E-state index is 0.0264. The zero-order chi connectivity index (χ0) is 15.5. The number of aromatic nitrogens is 2. The van der Waals surface area contributed by atoms with Crippen molar-refractivity contribution in [2.24, 2.45) is 0 Å². The van der Waals surface area contributed by atoms with E-state index in [0.29, 0.717) is 17.7 Å². The molecular formula is C15H20N4O2S. The van der Waals surface area contributed by atoms with E-state index < -0.39 is 0 Å². The Bertz CT molecular complexity index is 615. The number of hydrogen-bond acceptors (Lipinski definition) is 6. The topological polar surface area (TPSA) is 71.3 Å². The number of likely N-dealkylation sites (tertiary alicyclic amines) is 1. The Kier molecular flexibility index (Phi) is 4.42. The molecule has 0 aliphatic carbocycles. The number of furan rings is 1. The molecule has 0 spiro atoms. The lowest BCUT2D eigenvalue weighted by Crippen LogP contribution is -2.42. The van der Waals surface area contributed by atoms with Crippen LogP contribution >= 0.6 is 11.5 Å². The molecule has 2 aromatic heterocycles. The van der Waals surface area contributed by atoms with Gasteiger partial charge in [-0.2, -0.15) is 4.37 Å². The first-order valence-electron chi connectivity index (χ1n) is 7.56. The molecule has 0 aromatic carbocycles. The number of carbonyl (C=O) groups is 1. The molecule has 6 nitrogen and oxygen atoms in total. The number of nitrogens with zero attached hydrogens (tertiary/aromatic N) is 3. The average molecular weight is 320 g/mol. The fourth-order valence-corrected chi connectivity index (χ4v) is 3.27. The third-order valence-electron chi connectivity index (χ3n) is 3.80. The Morgan fingerprint density at radius 1 is 1.45 bits per heavy atom. The summed E-state index contributed by atoms with van der Waals surface area (Å²) in [6.45, 7) is 5.63. The second-order valence-electron chi connectivity index (χ2n) is 5.80. The molecule has 1 N–H and O–H groups in total. The average Bonchev–Trinajstić information content (AvgIpc) is 3.19. The lowest BCUT2D eigenvalue weighted by Gasteiger charge is -2.31. The fourth-order valence-electron chi connectivity index (χ4n) is 2.49. The van der Waals surface area contributed by atoms with Crippen molar-refractivity contribution in [1.29, 1.82) is 0 Å². The lowest BCUT2D eigenvalue weighted by molar-refractivity contribution is 0.0686. The predicted octanol–water partition coefficient (Wildman–Crippen LogP) is 2.97. The monoisotopic (exact) mass is 320 g/mol. The van der Waals surface area contributed by atoms with Gasteiger partial charge in [-0.1, -0.05) is 13.8 Å². The second-order valence-corrected chi connectivity index (χ2v) is 6.55. The van der Waals surface area contributed by atoms with Gasteiger partial charge in [-0.15, -0.1) is 0 Å². The van der Waals surface area contributed by atoms with Crippen molar-refractivity contribution in [2.45, 2.75) is 38.6 Å². The highest BCUT2D eigenvalue weighted by Crippen LogP contribution is 2.21. The lowest BCUT2D eigenvalue weighted by atomic mass is 10.1. The first kappa shape index (κ1) is 15.0. The summed E-state index contributed by atoms with van der Waals surface area (Å²) >= 11 is 1.41. The summed E-state index contributed by atoms with van der Waals surface area (Å²) in [5.74, 6) is 1.62. The molecule has 0 bridgehead atoms. The maximum atomic E-state index is 12.2. The van der Waals surface area contributed by atoms with Crippen molar-refractivity contribution in [3.05, 3.63) is 30.0 Å². The van der Waals surface area contributed by atoms with Gasteiger partial charge in [0.1, 0.15) is 5.82 Å². The van der Waals surface area contributed by atoms with Crippen molar-refractivity contribution in [1.82, 2.24) is 14.3 Å². The van der Waals surface area contributed by atoms with Gasteiger partial charge >= 0.3 is 0 Å². The third-order valence-corrected chi connectivity index (χ3v) is 4.46.